The highest BCUT2D eigenvalue weighted by atomic mass is 79.9. The first-order chi connectivity index (χ1) is 9.96. The summed E-state index contributed by atoms with van der Waals surface area (Å²) >= 11 is 3.42. The van der Waals surface area contributed by atoms with E-state index in [0.29, 0.717) is 12.1 Å². The lowest BCUT2D eigenvalue weighted by molar-refractivity contribution is -0.274. The van der Waals surface area contributed by atoms with Crippen LogP contribution in [0.4, 0.5) is 13.2 Å². The second-order valence-corrected chi connectivity index (χ2v) is 5.20. The molecule has 0 spiro atoms. The molecule has 6 heteroatoms. The lowest BCUT2D eigenvalue weighted by Gasteiger charge is -2.14. The van der Waals surface area contributed by atoms with Crippen molar-refractivity contribution >= 4 is 15.9 Å². The smallest absolute Gasteiger partial charge is 0.405 e. The van der Waals surface area contributed by atoms with Gasteiger partial charge in [-0.2, -0.15) is 0 Å². The average Bonchev–Trinajstić information content (AvgIpc) is 2.41. The zero-order valence-corrected chi connectivity index (χ0v) is 12.5. The van der Waals surface area contributed by atoms with E-state index in [1.165, 1.54) is 12.1 Å². The monoisotopic (exact) mass is 359 g/mol. The normalized spacial score (nSPS) is 11.4. The van der Waals surface area contributed by atoms with E-state index in [-0.39, 0.29) is 12.3 Å². The fourth-order valence-electron chi connectivity index (χ4n) is 1.85. The maximum atomic E-state index is 12.3. The SMILES string of the molecule is FC(F)(F)Oc1ccccc1CNCc1ccccc1Br. The minimum Gasteiger partial charge on any atom is -0.405 e. The van der Waals surface area contributed by atoms with Crippen molar-refractivity contribution in [3.8, 4) is 5.75 Å². The van der Waals surface area contributed by atoms with E-state index in [4.69, 9.17) is 0 Å². The molecule has 112 valence electrons. The minimum atomic E-state index is -4.68. The summed E-state index contributed by atoms with van der Waals surface area (Å²) in [4.78, 5) is 0. The fourth-order valence-corrected chi connectivity index (χ4v) is 2.27. The number of hydrogen-bond donors (Lipinski definition) is 1. The molecule has 0 saturated heterocycles. The molecule has 1 N–H and O–H groups in total. The van der Waals surface area contributed by atoms with Gasteiger partial charge in [0.05, 0.1) is 0 Å². The molecule has 0 atom stereocenters. The van der Waals surface area contributed by atoms with Crippen molar-refractivity contribution in [2.45, 2.75) is 19.5 Å². The van der Waals surface area contributed by atoms with Crippen LogP contribution >= 0.6 is 15.9 Å². The van der Waals surface area contributed by atoms with E-state index in [9.17, 15) is 13.2 Å². The Morgan fingerprint density at radius 2 is 1.48 bits per heavy atom. The molecule has 0 fully saturated rings. The maximum absolute atomic E-state index is 12.3. The van der Waals surface area contributed by atoms with Crippen molar-refractivity contribution < 1.29 is 17.9 Å². The largest absolute Gasteiger partial charge is 0.573 e. The highest BCUT2D eigenvalue weighted by molar-refractivity contribution is 9.10. The molecule has 0 unspecified atom stereocenters. The molecular weight excluding hydrogens is 347 g/mol. The third-order valence-corrected chi connectivity index (χ3v) is 3.56. The zero-order chi connectivity index (χ0) is 15.3. The first-order valence-corrected chi connectivity index (χ1v) is 7.03. The topological polar surface area (TPSA) is 21.3 Å². The molecule has 2 nitrogen and oxygen atoms in total. The number of para-hydroxylation sites is 1. The standard InChI is InChI=1S/C15H13BrF3NO/c16-13-7-3-1-5-11(13)9-20-10-12-6-2-4-8-14(12)21-15(17,18)19/h1-8,20H,9-10H2. The summed E-state index contributed by atoms with van der Waals surface area (Å²) in [5.41, 5.74) is 1.49. The van der Waals surface area contributed by atoms with Crippen LogP contribution in [-0.2, 0) is 13.1 Å². The zero-order valence-electron chi connectivity index (χ0n) is 11.0. The van der Waals surface area contributed by atoms with Gasteiger partial charge in [0.1, 0.15) is 5.75 Å². The van der Waals surface area contributed by atoms with Crippen molar-refractivity contribution in [3.63, 3.8) is 0 Å². The van der Waals surface area contributed by atoms with E-state index >= 15 is 0 Å². The van der Waals surface area contributed by atoms with Crippen LogP contribution in [0.5, 0.6) is 5.75 Å². The molecule has 0 bridgehead atoms. The molecule has 0 aliphatic rings. The van der Waals surface area contributed by atoms with Crippen LogP contribution in [0.3, 0.4) is 0 Å². The van der Waals surface area contributed by atoms with Gasteiger partial charge in [-0.3, -0.25) is 0 Å². The quantitative estimate of drug-likeness (QED) is 0.839. The molecule has 2 aromatic carbocycles. The van der Waals surface area contributed by atoms with Crippen molar-refractivity contribution in [3.05, 3.63) is 64.1 Å². The van der Waals surface area contributed by atoms with Crippen LogP contribution in [0.15, 0.2) is 53.0 Å². The van der Waals surface area contributed by atoms with E-state index in [1.807, 2.05) is 24.3 Å². The van der Waals surface area contributed by atoms with Crippen LogP contribution in [0.25, 0.3) is 0 Å². The second kappa shape index (κ2) is 6.95. The van der Waals surface area contributed by atoms with Crippen molar-refractivity contribution in [2.24, 2.45) is 0 Å². The molecule has 0 saturated carbocycles. The van der Waals surface area contributed by atoms with Crippen LogP contribution in [0.2, 0.25) is 0 Å². The molecular formula is C15H13BrF3NO. The lowest BCUT2D eigenvalue weighted by atomic mass is 10.2. The minimum absolute atomic E-state index is 0.176. The summed E-state index contributed by atoms with van der Waals surface area (Å²) < 4.78 is 41.9. The van der Waals surface area contributed by atoms with Gasteiger partial charge >= 0.3 is 6.36 Å². The Bertz CT molecular complexity index is 601. The lowest BCUT2D eigenvalue weighted by Crippen LogP contribution is -2.20. The summed E-state index contributed by atoms with van der Waals surface area (Å²) in [6.45, 7) is 0.829. The summed E-state index contributed by atoms with van der Waals surface area (Å²) in [6, 6.07) is 13.8. The summed E-state index contributed by atoms with van der Waals surface area (Å²) in [5.74, 6) is -0.176. The van der Waals surface area contributed by atoms with Gasteiger partial charge in [0.15, 0.2) is 0 Å². The molecule has 2 aromatic rings. The highest BCUT2D eigenvalue weighted by Crippen LogP contribution is 2.26. The molecule has 2 rings (SSSR count). The Balaban J connectivity index is 1.99. The van der Waals surface area contributed by atoms with Crippen LogP contribution < -0.4 is 10.1 Å². The third kappa shape index (κ3) is 5.06. The second-order valence-electron chi connectivity index (χ2n) is 4.35. The average molecular weight is 360 g/mol. The number of hydrogen-bond acceptors (Lipinski definition) is 2. The van der Waals surface area contributed by atoms with Crippen molar-refractivity contribution in [1.29, 1.82) is 0 Å². The van der Waals surface area contributed by atoms with Gasteiger partial charge in [-0.25, -0.2) is 0 Å². The number of benzene rings is 2. The van der Waals surface area contributed by atoms with E-state index in [0.717, 1.165) is 10.0 Å². The Hall–Kier alpha value is -1.53. The van der Waals surface area contributed by atoms with Gasteiger partial charge < -0.3 is 10.1 Å². The van der Waals surface area contributed by atoms with Crippen molar-refractivity contribution in [2.75, 3.05) is 0 Å². The van der Waals surface area contributed by atoms with E-state index in [2.05, 4.69) is 26.0 Å². The first-order valence-electron chi connectivity index (χ1n) is 6.23. The number of rotatable bonds is 5. The maximum Gasteiger partial charge on any atom is 0.573 e. The predicted octanol–water partition coefficient (Wildman–Crippen LogP) is 4.64. The van der Waals surface area contributed by atoms with Crippen LogP contribution in [-0.4, -0.2) is 6.36 Å². The van der Waals surface area contributed by atoms with Gasteiger partial charge in [-0.15, -0.1) is 13.2 Å². The molecule has 0 radical (unpaired) electrons. The predicted molar refractivity (Wildman–Crippen MR) is 77.8 cm³/mol. The van der Waals surface area contributed by atoms with Crippen molar-refractivity contribution in [1.82, 2.24) is 5.32 Å². The van der Waals surface area contributed by atoms with Gasteiger partial charge in [-0.1, -0.05) is 52.3 Å². The number of nitrogens with one attached hydrogen (secondary N) is 1. The van der Waals surface area contributed by atoms with Gasteiger partial charge in [0.25, 0.3) is 0 Å². The summed E-state index contributed by atoms with van der Waals surface area (Å²) in [5, 5.41) is 3.11. The van der Waals surface area contributed by atoms with Crippen LogP contribution in [0, 0.1) is 0 Å². The first kappa shape index (κ1) is 15.9. The van der Waals surface area contributed by atoms with Gasteiger partial charge in [-0.05, 0) is 17.7 Å². The van der Waals surface area contributed by atoms with E-state index in [1.54, 1.807) is 12.1 Å². The number of halogens is 4. The molecule has 0 aromatic heterocycles. The van der Waals surface area contributed by atoms with Gasteiger partial charge in [0.2, 0.25) is 0 Å². The number of ether oxygens (including phenoxy) is 1. The fraction of sp³-hybridized carbons (Fsp3) is 0.200. The Labute approximate surface area is 129 Å². The molecule has 0 heterocycles. The Kier molecular flexibility index (Phi) is 5.25. The Morgan fingerprint density at radius 1 is 0.905 bits per heavy atom. The molecule has 21 heavy (non-hydrogen) atoms. The summed E-state index contributed by atoms with van der Waals surface area (Å²) in [6.07, 6.45) is -4.68. The van der Waals surface area contributed by atoms with Crippen LogP contribution in [0.1, 0.15) is 11.1 Å². The summed E-state index contributed by atoms with van der Waals surface area (Å²) in [7, 11) is 0. The van der Waals surface area contributed by atoms with Gasteiger partial charge in [0, 0.05) is 23.1 Å². The third-order valence-electron chi connectivity index (χ3n) is 2.79. The van der Waals surface area contributed by atoms with E-state index < -0.39 is 6.36 Å². The molecule has 0 aliphatic carbocycles. The highest BCUT2D eigenvalue weighted by Gasteiger charge is 2.31. The number of alkyl halides is 3. The Morgan fingerprint density at radius 3 is 2.14 bits per heavy atom. The molecule has 0 amide bonds. The molecule has 0 aliphatic heterocycles.